The Hall–Kier alpha value is -3.91. The second kappa shape index (κ2) is 10.0. The number of hydrogen-bond acceptors (Lipinski definition) is 7. The van der Waals surface area contributed by atoms with Gasteiger partial charge in [0.25, 0.3) is 11.8 Å². The number of rotatable bonds is 4. The van der Waals surface area contributed by atoms with Crippen LogP contribution in [0.1, 0.15) is 24.3 Å². The number of likely N-dealkylation sites (tertiary alicyclic amines) is 1. The van der Waals surface area contributed by atoms with Crippen molar-refractivity contribution in [1.82, 2.24) is 4.90 Å². The van der Waals surface area contributed by atoms with E-state index in [2.05, 4.69) is 0 Å². The van der Waals surface area contributed by atoms with E-state index in [-0.39, 0.29) is 34.0 Å². The molecule has 4 aliphatic rings. The number of ether oxygens (including phenoxy) is 2. The number of allylic oxidation sites excluding steroid dienone is 2. The Kier molecular flexibility index (Phi) is 6.94. The molecule has 16 heteroatoms. The van der Waals surface area contributed by atoms with E-state index in [9.17, 15) is 37.5 Å². The maximum absolute atomic E-state index is 15.1. The van der Waals surface area contributed by atoms with Gasteiger partial charge in [-0.05, 0) is 18.8 Å². The van der Waals surface area contributed by atoms with Crippen LogP contribution in [-0.4, -0.2) is 64.7 Å². The standard InChI is InChI=1S/C29H21Cl2F5N2O7/c1-37-24(40)11-5-4-10-12(15(11)25(37)41)8-28(30)26(42)38(23-21(35)19(33)18(32)20(34)22(23)36)27(43)29(28,31)17(10)16-13(39)6-9(44-2)7-14(16)45-3/h4,6-7,11-12,15,17,39H,5,8H2,1-3H3/t11-,12+,15-,17+,28+,29-/m0/s1. The lowest BCUT2D eigenvalue weighted by Gasteiger charge is -2.50. The molecule has 0 bridgehead atoms. The second-order valence-electron chi connectivity index (χ2n) is 11.2. The fraction of sp³-hybridized carbons (Fsp3) is 0.379. The van der Waals surface area contributed by atoms with Crippen LogP contribution in [0.2, 0.25) is 0 Å². The van der Waals surface area contributed by atoms with Gasteiger partial charge in [-0.2, -0.15) is 0 Å². The average Bonchev–Trinajstić information content (AvgIpc) is 3.32. The largest absolute Gasteiger partial charge is 0.507 e. The Morgan fingerprint density at radius 2 is 1.47 bits per heavy atom. The van der Waals surface area contributed by atoms with E-state index in [1.165, 1.54) is 33.4 Å². The van der Waals surface area contributed by atoms with Gasteiger partial charge in [0.15, 0.2) is 33.0 Å². The number of carbonyl (C=O) groups excluding carboxylic acids is 4. The van der Waals surface area contributed by atoms with Gasteiger partial charge in [-0.25, -0.2) is 26.9 Å². The van der Waals surface area contributed by atoms with Gasteiger partial charge in [0.1, 0.15) is 22.9 Å². The van der Waals surface area contributed by atoms with Crippen LogP contribution in [0.25, 0.3) is 0 Å². The van der Waals surface area contributed by atoms with E-state index in [1.807, 2.05) is 0 Å². The first-order valence-electron chi connectivity index (χ1n) is 13.3. The number of benzene rings is 2. The normalized spacial score (nSPS) is 30.8. The number of carbonyl (C=O) groups is 4. The molecule has 0 radical (unpaired) electrons. The smallest absolute Gasteiger partial charge is 0.258 e. The molecule has 0 aromatic heterocycles. The van der Waals surface area contributed by atoms with Crippen LogP contribution in [0.4, 0.5) is 27.6 Å². The molecule has 0 unspecified atom stereocenters. The summed E-state index contributed by atoms with van der Waals surface area (Å²) in [5.74, 6) is -22.4. The van der Waals surface area contributed by atoms with Crippen molar-refractivity contribution in [2.24, 2.45) is 17.8 Å². The van der Waals surface area contributed by atoms with Gasteiger partial charge >= 0.3 is 0 Å². The van der Waals surface area contributed by atoms with Gasteiger partial charge in [-0.15, -0.1) is 23.2 Å². The van der Waals surface area contributed by atoms with Crippen molar-refractivity contribution in [3.63, 3.8) is 0 Å². The first kappa shape index (κ1) is 31.1. The van der Waals surface area contributed by atoms with Gasteiger partial charge in [-0.1, -0.05) is 11.6 Å². The van der Waals surface area contributed by atoms with Crippen molar-refractivity contribution in [1.29, 1.82) is 0 Å². The maximum Gasteiger partial charge on any atom is 0.258 e. The Bertz CT molecular complexity index is 1760. The molecule has 6 rings (SSSR count). The van der Waals surface area contributed by atoms with Crippen molar-refractivity contribution >= 4 is 52.5 Å². The van der Waals surface area contributed by atoms with Crippen LogP contribution >= 0.6 is 23.2 Å². The summed E-state index contributed by atoms with van der Waals surface area (Å²) >= 11 is 14.1. The SMILES string of the molecule is COc1cc(O)c([C@H]2C3=CC[C@@H]4C(=O)N(C)C(=O)[C@@H]4[C@@H]3C[C@@]3(Cl)C(=O)N(c4c(F)c(F)c(F)c(F)c4F)C(=O)[C@@]23Cl)c(OC)c1. The Balaban J connectivity index is 1.66. The van der Waals surface area contributed by atoms with Gasteiger partial charge in [0, 0.05) is 30.7 Å². The number of amides is 4. The summed E-state index contributed by atoms with van der Waals surface area (Å²) in [6.07, 6.45) is 0.806. The van der Waals surface area contributed by atoms with Crippen molar-refractivity contribution in [3.05, 3.63) is 58.4 Å². The summed E-state index contributed by atoms with van der Waals surface area (Å²) in [7, 11) is 3.73. The van der Waals surface area contributed by atoms with Crippen molar-refractivity contribution in [2.45, 2.75) is 28.5 Å². The van der Waals surface area contributed by atoms with Gasteiger partial charge in [0.05, 0.1) is 26.1 Å². The van der Waals surface area contributed by atoms with Gasteiger partial charge in [-0.3, -0.25) is 24.1 Å². The molecule has 2 aromatic carbocycles. The van der Waals surface area contributed by atoms with E-state index >= 15 is 8.78 Å². The molecule has 2 aromatic rings. The third-order valence-corrected chi connectivity index (χ3v) is 10.7. The minimum atomic E-state index is -2.81. The van der Waals surface area contributed by atoms with Crippen LogP contribution in [0, 0.1) is 46.8 Å². The topological polar surface area (TPSA) is 113 Å². The van der Waals surface area contributed by atoms with Gasteiger partial charge in [0.2, 0.25) is 17.6 Å². The minimum Gasteiger partial charge on any atom is -0.507 e. The molecule has 1 N–H and O–H groups in total. The fourth-order valence-corrected chi connectivity index (χ4v) is 8.12. The minimum absolute atomic E-state index is 0.0348. The molecular weight excluding hydrogens is 654 g/mol. The first-order chi connectivity index (χ1) is 21.1. The molecule has 2 saturated heterocycles. The predicted octanol–water partition coefficient (Wildman–Crippen LogP) is 4.30. The summed E-state index contributed by atoms with van der Waals surface area (Å²) in [5.41, 5.74) is -1.99. The third-order valence-electron chi connectivity index (χ3n) is 9.28. The molecule has 2 heterocycles. The summed E-state index contributed by atoms with van der Waals surface area (Å²) in [5, 5.41) is 11.3. The monoisotopic (exact) mass is 674 g/mol. The number of halogens is 7. The molecular formula is C29H21Cl2F5N2O7. The molecule has 1 saturated carbocycles. The van der Waals surface area contributed by atoms with Crippen LogP contribution in [0.5, 0.6) is 17.2 Å². The summed E-state index contributed by atoms with van der Waals surface area (Å²) in [6.45, 7) is 0. The van der Waals surface area contributed by atoms with E-state index in [0.29, 0.717) is 0 Å². The van der Waals surface area contributed by atoms with Gasteiger partial charge < -0.3 is 14.6 Å². The Labute approximate surface area is 261 Å². The molecule has 2 aliphatic carbocycles. The third kappa shape index (κ3) is 3.72. The zero-order chi connectivity index (χ0) is 33.1. The molecule has 238 valence electrons. The zero-order valence-electron chi connectivity index (χ0n) is 23.4. The first-order valence-corrected chi connectivity index (χ1v) is 14.1. The van der Waals surface area contributed by atoms with E-state index < -0.39 is 104 Å². The molecule has 4 amide bonds. The average molecular weight is 675 g/mol. The number of imide groups is 2. The second-order valence-corrected chi connectivity index (χ2v) is 12.4. The number of anilines is 1. The lowest BCUT2D eigenvalue weighted by Crippen LogP contribution is -2.60. The maximum atomic E-state index is 15.1. The lowest BCUT2D eigenvalue weighted by atomic mass is 9.56. The zero-order valence-corrected chi connectivity index (χ0v) is 24.9. The number of phenolic OH excluding ortho intramolecular Hbond substituents is 1. The molecule has 45 heavy (non-hydrogen) atoms. The summed E-state index contributed by atoms with van der Waals surface area (Å²) in [6, 6.07) is 2.41. The van der Waals surface area contributed by atoms with Crippen LogP contribution in [0.15, 0.2) is 23.8 Å². The van der Waals surface area contributed by atoms with Crippen LogP contribution in [-0.2, 0) is 19.2 Å². The number of fused-ring (bicyclic) bond motifs is 4. The number of aromatic hydroxyl groups is 1. The Morgan fingerprint density at radius 3 is 2.04 bits per heavy atom. The predicted molar refractivity (Wildman–Crippen MR) is 145 cm³/mol. The molecule has 6 atom stereocenters. The molecule has 0 spiro atoms. The number of hydrogen-bond donors (Lipinski definition) is 1. The quantitative estimate of drug-likeness (QED) is 0.129. The van der Waals surface area contributed by atoms with Crippen LogP contribution < -0.4 is 14.4 Å². The molecule has 3 fully saturated rings. The number of phenols is 1. The van der Waals surface area contributed by atoms with Crippen LogP contribution in [0.3, 0.4) is 0 Å². The molecule has 2 aliphatic heterocycles. The Morgan fingerprint density at radius 1 is 0.867 bits per heavy atom. The highest BCUT2D eigenvalue weighted by Gasteiger charge is 2.77. The van der Waals surface area contributed by atoms with Crippen molar-refractivity contribution in [3.8, 4) is 17.2 Å². The molecule has 9 nitrogen and oxygen atoms in total. The highest BCUT2D eigenvalue weighted by Crippen LogP contribution is 2.67. The lowest BCUT2D eigenvalue weighted by molar-refractivity contribution is -0.138. The number of nitrogens with zero attached hydrogens (tertiary/aromatic N) is 2. The van der Waals surface area contributed by atoms with Crippen molar-refractivity contribution < 1.29 is 55.7 Å². The van der Waals surface area contributed by atoms with E-state index in [1.54, 1.807) is 0 Å². The number of alkyl halides is 2. The van der Waals surface area contributed by atoms with E-state index in [0.717, 1.165) is 11.0 Å². The highest BCUT2D eigenvalue weighted by molar-refractivity contribution is 6.58. The summed E-state index contributed by atoms with van der Waals surface area (Å²) in [4.78, 5) is 49.8. The highest BCUT2D eigenvalue weighted by atomic mass is 35.5. The fourth-order valence-electron chi connectivity index (χ4n) is 7.21. The van der Waals surface area contributed by atoms with E-state index in [4.69, 9.17) is 32.7 Å². The number of methoxy groups -OCH3 is 2. The summed E-state index contributed by atoms with van der Waals surface area (Å²) < 4.78 is 83.4. The van der Waals surface area contributed by atoms with Crippen molar-refractivity contribution in [2.75, 3.05) is 26.2 Å².